The number of hydrogen-bond donors (Lipinski definition) is 2. The average Bonchev–Trinajstić information content (AvgIpc) is 2.61. The first-order chi connectivity index (χ1) is 12.2. The summed E-state index contributed by atoms with van der Waals surface area (Å²) in [5.74, 6) is 2.33. The Bertz CT molecular complexity index is 875. The van der Waals surface area contributed by atoms with Crippen LogP contribution in [0.5, 0.6) is 11.5 Å². The van der Waals surface area contributed by atoms with Gasteiger partial charge in [0, 0.05) is 0 Å². The smallest absolute Gasteiger partial charge is 0.232 e. The predicted molar refractivity (Wildman–Crippen MR) is 104 cm³/mol. The molecular formula is C17H16IN5O2. The zero-order valence-corrected chi connectivity index (χ0v) is 15.6. The van der Waals surface area contributed by atoms with Gasteiger partial charge in [-0.1, -0.05) is 24.3 Å². The van der Waals surface area contributed by atoms with Gasteiger partial charge in [-0.3, -0.25) is 0 Å². The van der Waals surface area contributed by atoms with Crippen molar-refractivity contribution in [2.75, 3.05) is 18.2 Å². The molecule has 0 saturated heterocycles. The Morgan fingerprint density at radius 2 is 1.72 bits per heavy atom. The molecule has 0 aliphatic heterocycles. The van der Waals surface area contributed by atoms with E-state index in [-0.39, 0.29) is 12.6 Å². The molecule has 0 radical (unpaired) electrons. The van der Waals surface area contributed by atoms with Gasteiger partial charge in [-0.05, 0) is 46.9 Å². The van der Waals surface area contributed by atoms with Crippen LogP contribution >= 0.6 is 22.6 Å². The average molecular weight is 449 g/mol. The van der Waals surface area contributed by atoms with Crippen LogP contribution in [0.2, 0.25) is 0 Å². The minimum atomic E-state index is 0.119. The highest BCUT2D eigenvalue weighted by molar-refractivity contribution is 14.1. The summed E-state index contributed by atoms with van der Waals surface area (Å²) in [7, 11) is 1.60. The molecule has 7 nitrogen and oxygen atoms in total. The molecule has 2 aromatic carbocycles. The highest BCUT2D eigenvalue weighted by Crippen LogP contribution is 2.26. The van der Waals surface area contributed by atoms with E-state index in [0.29, 0.717) is 17.5 Å². The summed E-state index contributed by atoms with van der Waals surface area (Å²) in [6.45, 7) is 0.188. The lowest BCUT2D eigenvalue weighted by Crippen LogP contribution is -2.10. The molecule has 0 fully saturated rings. The van der Waals surface area contributed by atoms with Crippen LogP contribution in [0.4, 0.5) is 17.6 Å². The molecule has 128 valence electrons. The number of hydrogen-bond acceptors (Lipinski definition) is 7. The molecule has 1 heterocycles. The van der Waals surface area contributed by atoms with Crippen molar-refractivity contribution in [1.82, 2.24) is 15.0 Å². The first-order valence-electron chi connectivity index (χ1n) is 7.43. The van der Waals surface area contributed by atoms with Gasteiger partial charge in [-0.15, -0.1) is 0 Å². The molecular weight excluding hydrogens is 433 g/mol. The van der Waals surface area contributed by atoms with E-state index in [2.05, 4.69) is 42.9 Å². The largest absolute Gasteiger partial charge is 0.495 e. The Morgan fingerprint density at radius 1 is 1.00 bits per heavy atom. The molecule has 0 saturated carbocycles. The lowest BCUT2D eigenvalue weighted by molar-refractivity contribution is 0.293. The van der Waals surface area contributed by atoms with E-state index in [4.69, 9.17) is 15.2 Å². The van der Waals surface area contributed by atoms with Crippen molar-refractivity contribution in [2.24, 2.45) is 0 Å². The number of rotatable bonds is 6. The van der Waals surface area contributed by atoms with E-state index in [1.54, 1.807) is 7.11 Å². The monoisotopic (exact) mass is 449 g/mol. The SMILES string of the molecule is COc1ccccc1Nc1nc(N)nc(COc2ccccc2I)n1. The zero-order valence-electron chi connectivity index (χ0n) is 13.4. The second-order valence-electron chi connectivity index (χ2n) is 4.98. The quantitative estimate of drug-likeness (QED) is 0.557. The van der Waals surface area contributed by atoms with Crippen molar-refractivity contribution < 1.29 is 9.47 Å². The summed E-state index contributed by atoms with van der Waals surface area (Å²) >= 11 is 2.21. The van der Waals surface area contributed by atoms with Crippen LogP contribution in [0, 0.1) is 3.57 Å². The van der Waals surface area contributed by atoms with Gasteiger partial charge in [-0.2, -0.15) is 15.0 Å². The van der Waals surface area contributed by atoms with Crippen LogP contribution in [-0.4, -0.2) is 22.1 Å². The number of nitrogen functional groups attached to an aromatic ring is 1. The molecule has 0 amide bonds. The molecule has 0 bridgehead atoms. The molecule has 25 heavy (non-hydrogen) atoms. The van der Waals surface area contributed by atoms with Crippen molar-refractivity contribution >= 4 is 40.2 Å². The van der Waals surface area contributed by atoms with Gasteiger partial charge < -0.3 is 20.5 Å². The Balaban J connectivity index is 1.77. The molecule has 3 N–H and O–H groups in total. The number of halogens is 1. The zero-order chi connectivity index (χ0) is 17.6. The molecule has 3 aromatic rings. The molecule has 0 aliphatic rings. The topological polar surface area (TPSA) is 95.2 Å². The van der Waals surface area contributed by atoms with Crippen LogP contribution in [0.15, 0.2) is 48.5 Å². The number of aromatic nitrogens is 3. The summed E-state index contributed by atoms with van der Waals surface area (Å²) in [6, 6.07) is 15.2. The van der Waals surface area contributed by atoms with Gasteiger partial charge in [0.1, 0.15) is 18.1 Å². The van der Waals surface area contributed by atoms with Crippen molar-refractivity contribution in [1.29, 1.82) is 0 Å². The third-order valence-corrected chi connectivity index (χ3v) is 4.14. The standard InChI is InChI=1S/C17H16IN5O2/c1-24-14-9-5-3-7-12(14)20-17-22-15(21-16(19)23-17)10-25-13-8-4-2-6-11(13)18/h2-9H,10H2,1H3,(H3,19,20,21,22,23). The first-order valence-corrected chi connectivity index (χ1v) is 8.51. The number of nitrogens with zero attached hydrogens (tertiary/aromatic N) is 3. The third kappa shape index (κ3) is 4.47. The van der Waals surface area contributed by atoms with Gasteiger partial charge in [0.25, 0.3) is 0 Å². The van der Waals surface area contributed by atoms with Crippen molar-refractivity contribution in [3.05, 3.63) is 57.9 Å². The third-order valence-electron chi connectivity index (χ3n) is 3.25. The van der Waals surface area contributed by atoms with Crippen LogP contribution in [0.25, 0.3) is 0 Å². The molecule has 0 spiro atoms. The number of anilines is 3. The minimum Gasteiger partial charge on any atom is -0.495 e. The maximum atomic E-state index is 5.79. The summed E-state index contributed by atoms with van der Waals surface area (Å²) in [6.07, 6.45) is 0. The molecule has 0 aliphatic carbocycles. The van der Waals surface area contributed by atoms with Crippen molar-refractivity contribution in [2.45, 2.75) is 6.61 Å². The van der Waals surface area contributed by atoms with Gasteiger partial charge >= 0.3 is 0 Å². The van der Waals surface area contributed by atoms with Gasteiger partial charge in [0.2, 0.25) is 11.9 Å². The predicted octanol–water partition coefficient (Wildman–Crippen LogP) is 3.39. The van der Waals surface area contributed by atoms with Crippen molar-refractivity contribution in [3.8, 4) is 11.5 Å². The van der Waals surface area contributed by atoms with Crippen molar-refractivity contribution in [3.63, 3.8) is 0 Å². The van der Waals surface area contributed by atoms with E-state index in [1.807, 2.05) is 48.5 Å². The second kappa shape index (κ2) is 7.97. The highest BCUT2D eigenvalue weighted by atomic mass is 127. The van der Waals surface area contributed by atoms with E-state index in [9.17, 15) is 0 Å². The fourth-order valence-electron chi connectivity index (χ4n) is 2.13. The van der Waals surface area contributed by atoms with Crippen LogP contribution in [0.3, 0.4) is 0 Å². The number of nitrogens with one attached hydrogen (secondary N) is 1. The minimum absolute atomic E-state index is 0.119. The molecule has 8 heteroatoms. The fraction of sp³-hybridized carbons (Fsp3) is 0.118. The maximum Gasteiger partial charge on any atom is 0.232 e. The lowest BCUT2D eigenvalue weighted by atomic mass is 10.3. The Hall–Kier alpha value is -2.62. The molecule has 0 atom stereocenters. The number of ether oxygens (including phenoxy) is 2. The van der Waals surface area contributed by atoms with Gasteiger partial charge in [0.15, 0.2) is 5.82 Å². The van der Waals surface area contributed by atoms with Crippen LogP contribution < -0.4 is 20.5 Å². The van der Waals surface area contributed by atoms with E-state index < -0.39 is 0 Å². The molecule has 3 rings (SSSR count). The molecule has 0 unspecified atom stereocenters. The summed E-state index contributed by atoms with van der Waals surface area (Å²) in [5.41, 5.74) is 6.53. The number of para-hydroxylation sites is 3. The Labute approximate surface area is 158 Å². The van der Waals surface area contributed by atoms with E-state index >= 15 is 0 Å². The second-order valence-corrected chi connectivity index (χ2v) is 6.14. The van der Waals surface area contributed by atoms with Crippen LogP contribution in [0.1, 0.15) is 5.82 Å². The summed E-state index contributed by atoms with van der Waals surface area (Å²) in [5, 5.41) is 3.09. The Morgan fingerprint density at radius 3 is 2.48 bits per heavy atom. The number of nitrogens with two attached hydrogens (primary N) is 1. The van der Waals surface area contributed by atoms with Gasteiger partial charge in [0.05, 0.1) is 16.4 Å². The van der Waals surface area contributed by atoms with E-state index in [0.717, 1.165) is 15.0 Å². The summed E-state index contributed by atoms with van der Waals surface area (Å²) < 4.78 is 12.1. The highest BCUT2D eigenvalue weighted by Gasteiger charge is 2.09. The van der Waals surface area contributed by atoms with Crippen LogP contribution in [-0.2, 0) is 6.61 Å². The first kappa shape index (κ1) is 17.2. The summed E-state index contributed by atoms with van der Waals surface area (Å²) in [4.78, 5) is 12.6. The van der Waals surface area contributed by atoms with E-state index in [1.165, 1.54) is 0 Å². The normalized spacial score (nSPS) is 10.3. The Kier molecular flexibility index (Phi) is 5.49. The number of methoxy groups -OCH3 is 1. The molecule has 1 aromatic heterocycles. The number of benzene rings is 2. The fourth-order valence-corrected chi connectivity index (χ4v) is 2.67. The maximum absolute atomic E-state index is 5.79. The van der Waals surface area contributed by atoms with Gasteiger partial charge in [-0.25, -0.2) is 0 Å². The lowest BCUT2D eigenvalue weighted by Gasteiger charge is -2.11.